The van der Waals surface area contributed by atoms with Crippen molar-refractivity contribution in [2.45, 2.75) is 18.6 Å². The summed E-state index contributed by atoms with van der Waals surface area (Å²) in [4.78, 5) is 26.8. The van der Waals surface area contributed by atoms with Crippen LogP contribution in [0, 0.1) is 0 Å². The molecule has 0 spiro atoms. The van der Waals surface area contributed by atoms with Gasteiger partial charge in [0.1, 0.15) is 6.04 Å². The van der Waals surface area contributed by atoms with E-state index in [4.69, 9.17) is 11.6 Å². The van der Waals surface area contributed by atoms with Crippen molar-refractivity contribution in [3.8, 4) is 5.69 Å². The lowest BCUT2D eigenvalue weighted by Gasteiger charge is -2.24. The van der Waals surface area contributed by atoms with Crippen molar-refractivity contribution in [3.63, 3.8) is 0 Å². The van der Waals surface area contributed by atoms with Gasteiger partial charge in [-0.2, -0.15) is 0 Å². The zero-order valence-electron chi connectivity index (χ0n) is 15.8. The molecule has 30 heavy (non-hydrogen) atoms. The number of aromatic nitrogens is 3. The van der Waals surface area contributed by atoms with Gasteiger partial charge < -0.3 is 20.6 Å². The van der Waals surface area contributed by atoms with E-state index in [1.54, 1.807) is 65.6 Å². The van der Waals surface area contributed by atoms with Crippen LogP contribution in [0.2, 0.25) is 5.02 Å². The van der Waals surface area contributed by atoms with Crippen LogP contribution in [0.3, 0.4) is 0 Å². The normalized spacial score (nSPS) is 18.3. The molecule has 2 heterocycles. The van der Waals surface area contributed by atoms with Gasteiger partial charge in [-0.25, -0.2) is 9.48 Å². The van der Waals surface area contributed by atoms with Gasteiger partial charge in [0, 0.05) is 29.4 Å². The molecule has 3 amide bonds. The maximum atomic E-state index is 12.8. The van der Waals surface area contributed by atoms with Crippen LogP contribution in [0.25, 0.3) is 5.69 Å². The highest BCUT2D eigenvalue weighted by atomic mass is 35.5. The van der Waals surface area contributed by atoms with Crippen LogP contribution in [0.15, 0.2) is 60.9 Å². The molecular weight excluding hydrogens is 408 g/mol. The Labute approximate surface area is 177 Å². The van der Waals surface area contributed by atoms with E-state index < -0.39 is 18.2 Å². The number of aliphatic hydroxyl groups is 1. The van der Waals surface area contributed by atoms with Gasteiger partial charge in [-0.05, 0) is 48.5 Å². The molecule has 0 saturated carbocycles. The standard InChI is InChI=1S/C20H19ClN6O3/c21-13-1-3-15(4-2-13)24-20(30)26-12-17(28)11-18(26)19(29)23-14-5-7-16(8-6-14)27-10-9-22-25-27/h1-10,17-18,28H,11-12H2,(H,23,29)(H,24,30)/t17-,18-/m1/s1. The quantitative estimate of drug-likeness (QED) is 0.593. The maximum absolute atomic E-state index is 12.8. The van der Waals surface area contributed by atoms with E-state index in [9.17, 15) is 14.7 Å². The summed E-state index contributed by atoms with van der Waals surface area (Å²) in [7, 11) is 0. The lowest BCUT2D eigenvalue weighted by Crippen LogP contribution is -2.45. The van der Waals surface area contributed by atoms with Crippen LogP contribution < -0.4 is 10.6 Å². The average molecular weight is 427 g/mol. The largest absolute Gasteiger partial charge is 0.391 e. The lowest BCUT2D eigenvalue weighted by atomic mass is 10.2. The lowest BCUT2D eigenvalue weighted by molar-refractivity contribution is -0.119. The number of aliphatic hydroxyl groups excluding tert-OH is 1. The van der Waals surface area contributed by atoms with Crippen molar-refractivity contribution in [2.75, 3.05) is 17.2 Å². The zero-order valence-corrected chi connectivity index (χ0v) is 16.5. The number of amides is 3. The van der Waals surface area contributed by atoms with Crippen molar-refractivity contribution in [1.29, 1.82) is 0 Å². The number of likely N-dealkylation sites (tertiary alicyclic amines) is 1. The first-order valence-electron chi connectivity index (χ1n) is 9.28. The van der Waals surface area contributed by atoms with E-state index in [1.165, 1.54) is 4.90 Å². The fraction of sp³-hybridized carbons (Fsp3) is 0.200. The Kier molecular flexibility index (Phi) is 5.64. The van der Waals surface area contributed by atoms with E-state index in [0.29, 0.717) is 16.4 Å². The van der Waals surface area contributed by atoms with Crippen molar-refractivity contribution >= 4 is 34.9 Å². The molecule has 1 fully saturated rings. The van der Waals surface area contributed by atoms with Gasteiger partial charge in [0.25, 0.3) is 0 Å². The van der Waals surface area contributed by atoms with E-state index in [1.807, 2.05) is 0 Å². The smallest absolute Gasteiger partial charge is 0.322 e. The third-order valence-electron chi connectivity index (χ3n) is 4.76. The summed E-state index contributed by atoms with van der Waals surface area (Å²) in [6.45, 7) is 0.0722. The van der Waals surface area contributed by atoms with Crippen LogP contribution in [0.1, 0.15) is 6.42 Å². The number of hydrogen-bond donors (Lipinski definition) is 3. The molecule has 0 radical (unpaired) electrons. The highest BCUT2D eigenvalue weighted by molar-refractivity contribution is 6.30. The van der Waals surface area contributed by atoms with E-state index in [2.05, 4.69) is 20.9 Å². The Morgan fingerprint density at radius 3 is 2.37 bits per heavy atom. The molecule has 1 aromatic heterocycles. The van der Waals surface area contributed by atoms with Gasteiger partial charge in [0.2, 0.25) is 5.91 Å². The summed E-state index contributed by atoms with van der Waals surface area (Å²) in [5.74, 6) is -0.369. The van der Waals surface area contributed by atoms with Crippen LogP contribution in [-0.4, -0.2) is 55.6 Å². The molecule has 0 unspecified atom stereocenters. The maximum Gasteiger partial charge on any atom is 0.322 e. The highest BCUT2D eigenvalue weighted by Crippen LogP contribution is 2.22. The summed E-state index contributed by atoms with van der Waals surface area (Å²) in [6, 6.07) is 12.4. The van der Waals surface area contributed by atoms with Crippen molar-refractivity contribution < 1.29 is 14.7 Å². The Morgan fingerprint density at radius 2 is 1.70 bits per heavy atom. The predicted molar refractivity (Wildman–Crippen MR) is 112 cm³/mol. The van der Waals surface area contributed by atoms with Crippen LogP contribution in [0.5, 0.6) is 0 Å². The molecular formula is C20H19ClN6O3. The van der Waals surface area contributed by atoms with Crippen molar-refractivity contribution in [3.05, 3.63) is 65.9 Å². The number of urea groups is 1. The number of anilines is 2. The summed E-state index contributed by atoms with van der Waals surface area (Å²) < 4.78 is 1.60. The Balaban J connectivity index is 1.42. The van der Waals surface area contributed by atoms with Crippen LogP contribution in [-0.2, 0) is 4.79 Å². The fourth-order valence-corrected chi connectivity index (χ4v) is 3.41. The predicted octanol–water partition coefficient (Wildman–Crippen LogP) is 2.53. The summed E-state index contributed by atoms with van der Waals surface area (Å²) >= 11 is 5.86. The van der Waals surface area contributed by atoms with Gasteiger partial charge in [0.05, 0.1) is 24.2 Å². The molecule has 10 heteroatoms. The van der Waals surface area contributed by atoms with E-state index in [0.717, 1.165) is 5.69 Å². The first kappa shape index (κ1) is 19.9. The van der Waals surface area contributed by atoms with Crippen molar-refractivity contribution in [2.24, 2.45) is 0 Å². The Hall–Kier alpha value is -3.43. The second kappa shape index (κ2) is 8.52. The second-order valence-corrected chi connectivity index (χ2v) is 7.31. The Morgan fingerprint density at radius 1 is 1.03 bits per heavy atom. The Bertz CT molecular complexity index is 1020. The number of benzene rings is 2. The third kappa shape index (κ3) is 4.42. The van der Waals surface area contributed by atoms with Crippen molar-refractivity contribution in [1.82, 2.24) is 19.9 Å². The summed E-state index contributed by atoms with van der Waals surface area (Å²) in [5.41, 5.74) is 1.92. The molecule has 0 aliphatic carbocycles. The SMILES string of the molecule is O=C(Nc1ccc(-n2ccnn2)cc1)[C@H]1C[C@@H](O)CN1C(=O)Nc1ccc(Cl)cc1. The third-order valence-corrected chi connectivity index (χ3v) is 5.01. The number of carbonyl (C=O) groups excluding carboxylic acids is 2. The number of carbonyl (C=O) groups is 2. The minimum Gasteiger partial charge on any atom is -0.391 e. The average Bonchev–Trinajstić information content (AvgIpc) is 3.40. The van der Waals surface area contributed by atoms with E-state index in [-0.39, 0.29) is 18.9 Å². The number of hydrogen-bond acceptors (Lipinski definition) is 5. The minimum atomic E-state index is -0.790. The van der Waals surface area contributed by atoms with Gasteiger partial charge in [0.15, 0.2) is 0 Å². The molecule has 3 aromatic rings. The van der Waals surface area contributed by atoms with Gasteiger partial charge in [-0.1, -0.05) is 16.8 Å². The molecule has 2 aromatic carbocycles. The number of halogens is 1. The highest BCUT2D eigenvalue weighted by Gasteiger charge is 2.39. The fourth-order valence-electron chi connectivity index (χ4n) is 3.28. The number of nitrogens with one attached hydrogen (secondary N) is 2. The zero-order chi connectivity index (χ0) is 21.1. The van der Waals surface area contributed by atoms with Gasteiger partial charge in [-0.15, -0.1) is 5.10 Å². The topological polar surface area (TPSA) is 112 Å². The molecule has 2 atom stereocenters. The number of rotatable bonds is 4. The first-order chi connectivity index (χ1) is 14.5. The molecule has 9 nitrogen and oxygen atoms in total. The summed E-state index contributed by atoms with van der Waals surface area (Å²) in [5, 5.41) is 23.8. The minimum absolute atomic E-state index is 0.0722. The molecule has 1 aliphatic rings. The second-order valence-electron chi connectivity index (χ2n) is 6.88. The first-order valence-corrected chi connectivity index (χ1v) is 9.66. The monoisotopic (exact) mass is 426 g/mol. The molecule has 3 N–H and O–H groups in total. The number of β-amino-alcohol motifs (C(OH)–C–C–N with tert-alkyl or cyclic N) is 1. The molecule has 1 saturated heterocycles. The number of nitrogens with zero attached hydrogens (tertiary/aromatic N) is 4. The molecule has 4 rings (SSSR count). The van der Waals surface area contributed by atoms with Gasteiger partial charge >= 0.3 is 6.03 Å². The van der Waals surface area contributed by atoms with E-state index >= 15 is 0 Å². The van der Waals surface area contributed by atoms with Crippen LogP contribution >= 0.6 is 11.6 Å². The molecule has 0 bridgehead atoms. The van der Waals surface area contributed by atoms with Crippen LogP contribution in [0.4, 0.5) is 16.2 Å². The molecule has 1 aliphatic heterocycles. The molecule has 154 valence electrons. The summed E-state index contributed by atoms with van der Waals surface area (Å²) in [6.07, 6.45) is 2.68. The van der Waals surface area contributed by atoms with Gasteiger partial charge in [-0.3, -0.25) is 4.79 Å².